The lowest BCUT2D eigenvalue weighted by molar-refractivity contribution is -1.04. The summed E-state index contributed by atoms with van der Waals surface area (Å²) in [6.45, 7) is -0.532. The van der Waals surface area contributed by atoms with Crippen LogP contribution in [0.25, 0.3) is 11.1 Å². The van der Waals surface area contributed by atoms with E-state index in [1.54, 1.807) is 36.4 Å². The smallest absolute Gasteiger partial charge is 0.363 e. The molecule has 3 aromatic rings. The Hall–Kier alpha value is -3.47. The summed E-state index contributed by atoms with van der Waals surface area (Å²) in [4.78, 5) is 32.2. The zero-order chi connectivity index (χ0) is 24.5. The van der Waals surface area contributed by atoms with Crippen LogP contribution in [0.15, 0.2) is 72.8 Å². The van der Waals surface area contributed by atoms with E-state index in [1.807, 2.05) is 0 Å². The quantitative estimate of drug-likeness (QED) is 0.539. The molecule has 176 valence electrons. The molecular weight excluding hydrogens is 466 g/mol. The van der Waals surface area contributed by atoms with Crippen LogP contribution in [0.4, 0.5) is 8.78 Å². The van der Waals surface area contributed by atoms with Gasteiger partial charge in [0.25, 0.3) is 5.91 Å². The number of benzene rings is 3. The number of rotatable bonds is 6. The molecule has 10 heteroatoms. The third-order valence-corrected chi connectivity index (χ3v) is 7.65. The fourth-order valence-corrected chi connectivity index (χ4v) is 6.01. The number of amides is 2. The monoisotopic (exact) mass is 487 g/mol. The molecule has 2 amide bonds. The number of hydrogen-bond acceptors (Lipinski definition) is 5. The second kappa shape index (κ2) is 9.05. The molecule has 0 spiro atoms. The van der Waals surface area contributed by atoms with Crippen LogP contribution < -0.4 is 5.73 Å². The van der Waals surface area contributed by atoms with Gasteiger partial charge in [-0.3, -0.25) is 4.79 Å². The van der Waals surface area contributed by atoms with Gasteiger partial charge in [0.15, 0.2) is 0 Å². The highest BCUT2D eigenvalue weighted by Gasteiger charge is 2.63. The van der Waals surface area contributed by atoms with Crippen molar-refractivity contribution in [1.29, 1.82) is 0 Å². The van der Waals surface area contributed by atoms with E-state index in [0.29, 0.717) is 11.6 Å². The number of carbonyl (C=O) groups is 2. The summed E-state index contributed by atoms with van der Waals surface area (Å²) in [6.07, 6.45) is 0. The normalized spacial score (nSPS) is 21.3. The van der Waals surface area contributed by atoms with Gasteiger partial charge in [-0.05, 0) is 34.9 Å². The fraction of sp³-hybridized carbons (Fsp3) is 0.167. The van der Waals surface area contributed by atoms with Crippen molar-refractivity contribution in [3.05, 3.63) is 95.6 Å². The molecule has 0 bridgehead atoms. The summed E-state index contributed by atoms with van der Waals surface area (Å²) in [5.74, 6) is -4.28. The van der Waals surface area contributed by atoms with E-state index >= 15 is 0 Å². The molecule has 0 aliphatic carbocycles. The lowest BCUT2D eigenvalue weighted by Crippen LogP contribution is -2.61. The lowest BCUT2D eigenvalue weighted by Gasteiger charge is -2.32. The van der Waals surface area contributed by atoms with Crippen LogP contribution in [0, 0.1) is 11.6 Å². The highest BCUT2D eigenvalue weighted by molar-refractivity contribution is 7.92. The Balaban J connectivity index is 1.85. The maximum Gasteiger partial charge on any atom is 0.380 e. The van der Waals surface area contributed by atoms with Crippen molar-refractivity contribution in [3.8, 4) is 11.1 Å². The van der Waals surface area contributed by atoms with Crippen molar-refractivity contribution in [2.24, 2.45) is 5.73 Å². The van der Waals surface area contributed by atoms with Crippen molar-refractivity contribution >= 4 is 21.7 Å². The van der Waals surface area contributed by atoms with Crippen LogP contribution in [0.2, 0.25) is 0 Å². The number of hydrogen-bond donors (Lipinski definition) is 1. The Morgan fingerprint density at radius 3 is 2.24 bits per heavy atom. The topological polar surface area (TPSA) is 104 Å². The van der Waals surface area contributed by atoms with Crippen LogP contribution in [0.1, 0.15) is 15.9 Å². The number of hydroxylamine groups is 3. The van der Waals surface area contributed by atoms with Crippen LogP contribution >= 0.6 is 0 Å². The molecule has 4 rings (SSSR count). The molecule has 2 atom stereocenters. The number of nitrogens with two attached hydrogens (primary N) is 1. The minimum atomic E-state index is -4.11. The Morgan fingerprint density at radius 2 is 1.59 bits per heavy atom. The van der Waals surface area contributed by atoms with Crippen molar-refractivity contribution < 1.29 is 36.3 Å². The second-order valence-electron chi connectivity index (χ2n) is 7.91. The SMILES string of the molecule is NC(=O)C1[N@@+](OCc2ccccc2)(C(=O)c2ccccc2-c2cc(F)cc(F)c2)CCS1(=O)=O. The van der Waals surface area contributed by atoms with Gasteiger partial charge < -0.3 is 5.73 Å². The average Bonchev–Trinajstić information content (AvgIpc) is 3.08. The molecule has 0 radical (unpaired) electrons. The molecule has 1 heterocycles. The second-order valence-corrected chi connectivity index (χ2v) is 10.1. The van der Waals surface area contributed by atoms with Crippen molar-refractivity contribution in [2.45, 2.75) is 12.0 Å². The predicted octanol–water partition coefficient (Wildman–Crippen LogP) is 2.96. The van der Waals surface area contributed by atoms with Gasteiger partial charge in [0.1, 0.15) is 30.5 Å². The van der Waals surface area contributed by atoms with E-state index in [4.69, 9.17) is 10.6 Å². The molecule has 1 saturated heterocycles. The average molecular weight is 488 g/mol. The standard InChI is InChI=1S/C24H20F2N2O5S/c25-18-12-17(13-19(26)14-18)20-8-4-5-9-21(20)23(30)28(33-15-16-6-2-1-3-7-16)10-11-34(31,32)24(28)22(27)29/h1-9,12-14,24H,10-11,15H2,(H-,27,29)/p+1/t24?,28-/m0/s1. The zero-order valence-electron chi connectivity index (χ0n) is 17.9. The van der Waals surface area contributed by atoms with Crippen molar-refractivity contribution in [2.75, 3.05) is 12.3 Å². The van der Waals surface area contributed by atoms with Gasteiger partial charge in [-0.25, -0.2) is 22.0 Å². The number of sulfone groups is 1. The van der Waals surface area contributed by atoms with Gasteiger partial charge in [0.2, 0.25) is 9.84 Å². The minimum absolute atomic E-state index is 0.0658. The maximum atomic E-state index is 13.9. The van der Waals surface area contributed by atoms with E-state index < -0.39 is 49.1 Å². The Bertz CT molecular complexity index is 1340. The van der Waals surface area contributed by atoms with E-state index in [9.17, 15) is 26.8 Å². The van der Waals surface area contributed by atoms with Gasteiger partial charge in [-0.1, -0.05) is 53.2 Å². The molecule has 1 fully saturated rings. The molecule has 3 aromatic carbocycles. The minimum Gasteiger partial charge on any atom is -0.363 e. The summed E-state index contributed by atoms with van der Waals surface area (Å²) >= 11 is 0. The Labute approximate surface area is 194 Å². The molecular formula is C24H21F2N2O5S+. The van der Waals surface area contributed by atoms with E-state index in [1.165, 1.54) is 18.2 Å². The van der Waals surface area contributed by atoms with E-state index in [0.717, 1.165) is 12.1 Å². The van der Waals surface area contributed by atoms with Gasteiger partial charge in [0, 0.05) is 6.07 Å². The van der Waals surface area contributed by atoms with E-state index in [-0.39, 0.29) is 29.8 Å². The molecule has 7 nitrogen and oxygen atoms in total. The molecule has 1 unspecified atom stereocenters. The van der Waals surface area contributed by atoms with Crippen molar-refractivity contribution in [1.82, 2.24) is 0 Å². The highest BCUT2D eigenvalue weighted by atomic mass is 32.2. The first-order chi connectivity index (χ1) is 16.1. The molecule has 1 aliphatic heterocycles. The first-order valence-corrected chi connectivity index (χ1v) is 12.0. The first kappa shape index (κ1) is 23.7. The van der Waals surface area contributed by atoms with Crippen LogP contribution in [-0.4, -0.2) is 42.5 Å². The third kappa shape index (κ3) is 4.35. The summed E-state index contributed by atoms with van der Waals surface area (Å²) in [5.41, 5.74) is 6.25. The van der Waals surface area contributed by atoms with Gasteiger partial charge in [-0.15, -0.1) is 0 Å². The van der Waals surface area contributed by atoms with Crippen LogP contribution in [0.3, 0.4) is 0 Å². The Morgan fingerprint density at radius 1 is 0.971 bits per heavy atom. The molecule has 34 heavy (non-hydrogen) atoms. The number of primary amides is 1. The molecule has 2 N–H and O–H groups in total. The van der Waals surface area contributed by atoms with Gasteiger partial charge in [0.05, 0.1) is 5.56 Å². The molecule has 0 saturated carbocycles. The summed E-state index contributed by atoms with van der Waals surface area (Å²) in [5, 5.41) is -1.97. The largest absolute Gasteiger partial charge is 0.380 e. The maximum absolute atomic E-state index is 13.9. The fourth-order valence-electron chi connectivity index (χ4n) is 4.13. The lowest BCUT2D eigenvalue weighted by atomic mass is 9.98. The first-order valence-electron chi connectivity index (χ1n) is 10.3. The van der Waals surface area contributed by atoms with Crippen LogP contribution in [-0.2, 0) is 26.1 Å². The Kier molecular flexibility index (Phi) is 6.30. The zero-order valence-corrected chi connectivity index (χ0v) is 18.7. The number of halogens is 2. The summed E-state index contributed by atoms with van der Waals surface area (Å²) < 4.78 is 52.1. The highest BCUT2D eigenvalue weighted by Crippen LogP contribution is 2.35. The van der Waals surface area contributed by atoms with Gasteiger partial charge in [-0.2, -0.15) is 4.84 Å². The van der Waals surface area contributed by atoms with E-state index in [2.05, 4.69) is 0 Å². The summed E-state index contributed by atoms with van der Waals surface area (Å²) in [7, 11) is -4.11. The summed E-state index contributed by atoms with van der Waals surface area (Å²) in [6, 6.07) is 17.4. The van der Waals surface area contributed by atoms with Crippen molar-refractivity contribution in [3.63, 3.8) is 0 Å². The number of nitrogens with zero attached hydrogens (tertiary/aromatic N) is 1. The van der Waals surface area contributed by atoms with Gasteiger partial charge >= 0.3 is 11.3 Å². The number of quaternary nitrogens is 1. The molecule has 1 aliphatic rings. The molecule has 0 aromatic heterocycles. The third-order valence-electron chi connectivity index (χ3n) is 5.65. The predicted molar refractivity (Wildman–Crippen MR) is 119 cm³/mol. The number of carbonyl (C=O) groups excluding carboxylic acids is 2. The van der Waals surface area contributed by atoms with Crippen LogP contribution in [0.5, 0.6) is 0 Å².